The van der Waals surface area contributed by atoms with Crippen LogP contribution in [0.1, 0.15) is 30.0 Å². The highest BCUT2D eigenvalue weighted by atomic mass is 16.2. The van der Waals surface area contributed by atoms with Gasteiger partial charge < -0.3 is 10.2 Å². The first kappa shape index (κ1) is 17.7. The molecule has 2 aromatic carbocycles. The highest BCUT2D eigenvalue weighted by molar-refractivity contribution is 6.09. The minimum Gasteiger partial charge on any atom is -0.326 e. The SMILES string of the molecule is CCN(C(=O)CC(=O)Nc1ccc(C)c(C)c1)c1cccc(C)c1. The Balaban J connectivity index is 2.04. The molecule has 0 saturated carbocycles. The van der Waals surface area contributed by atoms with Gasteiger partial charge in [0.05, 0.1) is 0 Å². The largest absolute Gasteiger partial charge is 0.326 e. The van der Waals surface area contributed by atoms with Crippen LogP contribution >= 0.6 is 0 Å². The van der Waals surface area contributed by atoms with Gasteiger partial charge in [-0.1, -0.05) is 18.2 Å². The third kappa shape index (κ3) is 4.44. The molecule has 0 aliphatic carbocycles. The minimum atomic E-state index is -0.297. The Morgan fingerprint density at radius 3 is 2.38 bits per heavy atom. The second-order valence-corrected chi connectivity index (χ2v) is 6.00. The molecular formula is C20H24N2O2. The van der Waals surface area contributed by atoms with Crippen LogP contribution in [0.5, 0.6) is 0 Å². The molecule has 0 aromatic heterocycles. The van der Waals surface area contributed by atoms with Crippen LogP contribution in [-0.2, 0) is 9.59 Å². The van der Waals surface area contributed by atoms with E-state index in [1.165, 1.54) is 5.56 Å². The Morgan fingerprint density at radius 2 is 1.75 bits per heavy atom. The maximum atomic E-state index is 12.5. The van der Waals surface area contributed by atoms with Crippen molar-refractivity contribution in [2.24, 2.45) is 0 Å². The van der Waals surface area contributed by atoms with Crippen LogP contribution in [0.2, 0.25) is 0 Å². The van der Waals surface area contributed by atoms with Gasteiger partial charge in [-0.05, 0) is 68.7 Å². The van der Waals surface area contributed by atoms with Gasteiger partial charge in [0.15, 0.2) is 0 Å². The Bertz CT molecular complexity index is 753. The first-order chi connectivity index (χ1) is 11.4. The molecule has 4 heteroatoms. The molecule has 0 saturated heterocycles. The molecule has 2 aromatic rings. The Labute approximate surface area is 143 Å². The summed E-state index contributed by atoms with van der Waals surface area (Å²) in [5.74, 6) is -0.501. The summed E-state index contributed by atoms with van der Waals surface area (Å²) in [7, 11) is 0. The number of anilines is 2. The van der Waals surface area contributed by atoms with Gasteiger partial charge >= 0.3 is 0 Å². The number of hydrogen-bond donors (Lipinski definition) is 1. The van der Waals surface area contributed by atoms with E-state index in [1.807, 2.05) is 70.2 Å². The first-order valence-corrected chi connectivity index (χ1v) is 8.15. The molecule has 0 heterocycles. The second-order valence-electron chi connectivity index (χ2n) is 6.00. The van der Waals surface area contributed by atoms with E-state index in [0.717, 1.165) is 22.5 Å². The molecule has 0 bridgehead atoms. The summed E-state index contributed by atoms with van der Waals surface area (Å²) in [5, 5.41) is 2.80. The number of hydrogen-bond acceptors (Lipinski definition) is 2. The fourth-order valence-corrected chi connectivity index (χ4v) is 2.56. The van der Waals surface area contributed by atoms with Crippen LogP contribution in [0.3, 0.4) is 0 Å². The molecule has 2 rings (SSSR count). The number of carbonyl (C=O) groups is 2. The topological polar surface area (TPSA) is 49.4 Å². The molecule has 1 N–H and O–H groups in total. The summed E-state index contributed by atoms with van der Waals surface area (Å²) in [6.45, 7) is 8.42. The summed E-state index contributed by atoms with van der Waals surface area (Å²) in [6.07, 6.45) is -0.172. The van der Waals surface area contributed by atoms with E-state index in [-0.39, 0.29) is 18.2 Å². The van der Waals surface area contributed by atoms with E-state index in [1.54, 1.807) is 4.90 Å². The van der Waals surface area contributed by atoms with Crippen LogP contribution in [0, 0.1) is 20.8 Å². The molecule has 0 aliphatic rings. The van der Waals surface area contributed by atoms with E-state index in [0.29, 0.717) is 6.54 Å². The second kappa shape index (κ2) is 7.77. The molecule has 2 amide bonds. The number of aryl methyl sites for hydroxylation is 3. The fourth-order valence-electron chi connectivity index (χ4n) is 2.56. The zero-order valence-electron chi connectivity index (χ0n) is 14.7. The van der Waals surface area contributed by atoms with Crippen LogP contribution in [-0.4, -0.2) is 18.4 Å². The summed E-state index contributed by atoms with van der Waals surface area (Å²) in [6, 6.07) is 13.4. The van der Waals surface area contributed by atoms with Crippen molar-refractivity contribution in [2.45, 2.75) is 34.1 Å². The molecular weight excluding hydrogens is 300 g/mol. The number of carbonyl (C=O) groups excluding carboxylic acids is 2. The summed E-state index contributed by atoms with van der Waals surface area (Å²) in [5.41, 5.74) is 4.89. The predicted molar refractivity (Wildman–Crippen MR) is 98.4 cm³/mol. The predicted octanol–water partition coefficient (Wildman–Crippen LogP) is 3.99. The monoisotopic (exact) mass is 324 g/mol. The molecule has 126 valence electrons. The van der Waals surface area contributed by atoms with Gasteiger partial charge in [0, 0.05) is 17.9 Å². The van der Waals surface area contributed by atoms with Crippen molar-refractivity contribution >= 4 is 23.2 Å². The average molecular weight is 324 g/mol. The van der Waals surface area contributed by atoms with Gasteiger partial charge in [0.1, 0.15) is 6.42 Å². The fraction of sp³-hybridized carbons (Fsp3) is 0.300. The van der Waals surface area contributed by atoms with E-state index < -0.39 is 0 Å². The lowest BCUT2D eigenvalue weighted by Crippen LogP contribution is -2.33. The van der Waals surface area contributed by atoms with Gasteiger partial charge in [0.25, 0.3) is 0 Å². The van der Waals surface area contributed by atoms with Crippen LogP contribution in [0.25, 0.3) is 0 Å². The number of nitrogens with one attached hydrogen (secondary N) is 1. The lowest BCUT2D eigenvalue weighted by atomic mass is 10.1. The summed E-state index contributed by atoms with van der Waals surface area (Å²) in [4.78, 5) is 26.3. The quantitative estimate of drug-likeness (QED) is 0.845. The van der Waals surface area contributed by atoms with Crippen molar-refractivity contribution in [2.75, 3.05) is 16.8 Å². The third-order valence-corrected chi connectivity index (χ3v) is 4.03. The van der Waals surface area contributed by atoms with E-state index in [9.17, 15) is 9.59 Å². The molecule has 0 aliphatic heterocycles. The molecule has 0 atom stereocenters. The number of nitrogens with zero attached hydrogens (tertiary/aromatic N) is 1. The molecule has 24 heavy (non-hydrogen) atoms. The Kier molecular flexibility index (Phi) is 5.74. The average Bonchev–Trinajstić information content (AvgIpc) is 2.51. The lowest BCUT2D eigenvalue weighted by Gasteiger charge is -2.21. The number of amides is 2. The van der Waals surface area contributed by atoms with Crippen LogP contribution < -0.4 is 10.2 Å². The molecule has 0 spiro atoms. The lowest BCUT2D eigenvalue weighted by molar-refractivity contribution is -0.125. The maximum absolute atomic E-state index is 12.5. The molecule has 4 nitrogen and oxygen atoms in total. The zero-order valence-corrected chi connectivity index (χ0v) is 14.7. The minimum absolute atomic E-state index is 0.172. The van der Waals surface area contributed by atoms with Crippen LogP contribution in [0.4, 0.5) is 11.4 Å². The van der Waals surface area contributed by atoms with E-state index >= 15 is 0 Å². The first-order valence-electron chi connectivity index (χ1n) is 8.15. The summed E-state index contributed by atoms with van der Waals surface area (Å²) >= 11 is 0. The third-order valence-electron chi connectivity index (χ3n) is 4.03. The Hall–Kier alpha value is -2.62. The summed E-state index contributed by atoms with van der Waals surface area (Å²) < 4.78 is 0. The standard InChI is InChI=1S/C20H24N2O2/c1-5-22(18-8-6-7-14(2)11-18)20(24)13-19(23)21-17-10-9-15(3)16(4)12-17/h6-12H,5,13H2,1-4H3,(H,21,23). The van der Waals surface area contributed by atoms with Crippen molar-refractivity contribution in [3.63, 3.8) is 0 Å². The normalized spacial score (nSPS) is 10.3. The van der Waals surface area contributed by atoms with Crippen molar-refractivity contribution in [3.05, 3.63) is 59.2 Å². The zero-order chi connectivity index (χ0) is 17.7. The van der Waals surface area contributed by atoms with Crippen molar-refractivity contribution in [3.8, 4) is 0 Å². The molecule has 0 fully saturated rings. The van der Waals surface area contributed by atoms with Crippen molar-refractivity contribution in [1.82, 2.24) is 0 Å². The van der Waals surface area contributed by atoms with Crippen molar-refractivity contribution < 1.29 is 9.59 Å². The van der Waals surface area contributed by atoms with Gasteiger partial charge in [-0.15, -0.1) is 0 Å². The van der Waals surface area contributed by atoms with E-state index in [2.05, 4.69) is 5.32 Å². The highest BCUT2D eigenvalue weighted by Gasteiger charge is 2.18. The van der Waals surface area contributed by atoms with Gasteiger partial charge in [-0.3, -0.25) is 9.59 Å². The van der Waals surface area contributed by atoms with Gasteiger partial charge in [0.2, 0.25) is 11.8 Å². The van der Waals surface area contributed by atoms with Crippen LogP contribution in [0.15, 0.2) is 42.5 Å². The molecule has 0 radical (unpaired) electrons. The molecule has 0 unspecified atom stereocenters. The van der Waals surface area contributed by atoms with Gasteiger partial charge in [-0.2, -0.15) is 0 Å². The smallest absolute Gasteiger partial charge is 0.236 e. The number of rotatable bonds is 5. The number of benzene rings is 2. The van der Waals surface area contributed by atoms with Gasteiger partial charge in [-0.25, -0.2) is 0 Å². The Morgan fingerprint density at radius 1 is 1.00 bits per heavy atom. The maximum Gasteiger partial charge on any atom is 0.236 e. The van der Waals surface area contributed by atoms with E-state index in [4.69, 9.17) is 0 Å². The van der Waals surface area contributed by atoms with Crippen molar-refractivity contribution in [1.29, 1.82) is 0 Å². The highest BCUT2D eigenvalue weighted by Crippen LogP contribution is 2.18.